The van der Waals surface area contributed by atoms with Crippen LogP contribution in [0.15, 0.2) is 12.7 Å². The van der Waals surface area contributed by atoms with Crippen LogP contribution in [0.5, 0.6) is 0 Å². The molecule has 0 fully saturated rings. The topological polar surface area (TPSA) is 38.3 Å². The minimum atomic E-state index is -0.190. The summed E-state index contributed by atoms with van der Waals surface area (Å²) in [5.74, 6) is -0.190. The molecule has 0 saturated carbocycles. The van der Waals surface area contributed by atoms with E-state index in [0.717, 1.165) is 6.42 Å². The molecule has 0 aliphatic rings. The zero-order valence-electron chi connectivity index (χ0n) is 7.09. The van der Waals surface area contributed by atoms with E-state index in [2.05, 4.69) is 11.9 Å². The van der Waals surface area contributed by atoms with Crippen molar-refractivity contribution < 1.29 is 9.53 Å². The Morgan fingerprint density at radius 2 is 2.36 bits per heavy atom. The molecule has 0 aliphatic carbocycles. The van der Waals surface area contributed by atoms with E-state index in [1.807, 2.05) is 13.8 Å². The standard InChI is InChI=1S/C8H15NO2/c1-4-7(10)9-8(5-2)11-6-3/h4,8H,1,5-6H2,2-3H3,(H,9,10). The summed E-state index contributed by atoms with van der Waals surface area (Å²) >= 11 is 0. The molecule has 0 rings (SSSR count). The first-order valence-electron chi connectivity index (χ1n) is 3.79. The summed E-state index contributed by atoms with van der Waals surface area (Å²) in [6, 6.07) is 0. The summed E-state index contributed by atoms with van der Waals surface area (Å²) in [6.07, 6.45) is 1.83. The molecular formula is C8H15NO2. The van der Waals surface area contributed by atoms with E-state index >= 15 is 0 Å². The van der Waals surface area contributed by atoms with Crippen molar-refractivity contribution in [1.82, 2.24) is 5.32 Å². The number of nitrogens with one attached hydrogen (secondary N) is 1. The lowest BCUT2D eigenvalue weighted by atomic mass is 10.4. The van der Waals surface area contributed by atoms with Gasteiger partial charge in [0, 0.05) is 6.61 Å². The SMILES string of the molecule is C=CC(=O)NC(CC)OCC. The third-order valence-corrected chi connectivity index (χ3v) is 1.23. The van der Waals surface area contributed by atoms with Gasteiger partial charge in [0.05, 0.1) is 0 Å². The smallest absolute Gasteiger partial charge is 0.245 e. The fourth-order valence-corrected chi connectivity index (χ4v) is 0.680. The molecule has 64 valence electrons. The van der Waals surface area contributed by atoms with Crippen molar-refractivity contribution in [2.45, 2.75) is 26.5 Å². The number of hydrogen-bond acceptors (Lipinski definition) is 2. The molecule has 0 bridgehead atoms. The molecule has 3 heteroatoms. The number of carbonyl (C=O) groups excluding carboxylic acids is 1. The van der Waals surface area contributed by atoms with Crippen molar-refractivity contribution in [2.75, 3.05) is 6.61 Å². The monoisotopic (exact) mass is 157 g/mol. The summed E-state index contributed by atoms with van der Waals surface area (Å²) in [6.45, 7) is 7.79. The molecule has 0 saturated heterocycles. The number of amides is 1. The van der Waals surface area contributed by atoms with E-state index < -0.39 is 0 Å². The average Bonchev–Trinajstić information content (AvgIpc) is 2.03. The van der Waals surface area contributed by atoms with Gasteiger partial charge in [-0.15, -0.1) is 0 Å². The Bertz CT molecular complexity index is 134. The predicted molar refractivity (Wildman–Crippen MR) is 44.0 cm³/mol. The lowest BCUT2D eigenvalue weighted by molar-refractivity contribution is -0.120. The highest BCUT2D eigenvalue weighted by molar-refractivity contribution is 5.86. The molecule has 1 unspecified atom stereocenters. The van der Waals surface area contributed by atoms with Gasteiger partial charge in [0.25, 0.3) is 0 Å². The van der Waals surface area contributed by atoms with Crippen molar-refractivity contribution in [1.29, 1.82) is 0 Å². The maximum atomic E-state index is 10.7. The van der Waals surface area contributed by atoms with Crippen LogP contribution in [-0.4, -0.2) is 18.7 Å². The van der Waals surface area contributed by atoms with E-state index in [9.17, 15) is 4.79 Å². The molecule has 1 atom stereocenters. The van der Waals surface area contributed by atoms with E-state index in [0.29, 0.717) is 6.61 Å². The second-order valence-corrected chi connectivity index (χ2v) is 2.06. The van der Waals surface area contributed by atoms with Gasteiger partial charge in [-0.2, -0.15) is 0 Å². The van der Waals surface area contributed by atoms with Crippen LogP contribution in [0.3, 0.4) is 0 Å². The first-order valence-corrected chi connectivity index (χ1v) is 3.79. The summed E-state index contributed by atoms with van der Waals surface area (Å²) < 4.78 is 5.18. The molecule has 0 radical (unpaired) electrons. The minimum Gasteiger partial charge on any atom is -0.359 e. The van der Waals surface area contributed by atoms with Gasteiger partial charge in [-0.3, -0.25) is 4.79 Å². The van der Waals surface area contributed by atoms with Gasteiger partial charge in [0.15, 0.2) is 0 Å². The van der Waals surface area contributed by atoms with Crippen molar-refractivity contribution in [3.8, 4) is 0 Å². The summed E-state index contributed by atoms with van der Waals surface area (Å²) in [4.78, 5) is 10.7. The van der Waals surface area contributed by atoms with Crippen LogP contribution < -0.4 is 5.32 Å². The molecule has 11 heavy (non-hydrogen) atoms. The lowest BCUT2D eigenvalue weighted by Crippen LogP contribution is -2.35. The summed E-state index contributed by atoms with van der Waals surface area (Å²) in [5, 5.41) is 2.64. The van der Waals surface area contributed by atoms with Crippen LogP contribution >= 0.6 is 0 Å². The van der Waals surface area contributed by atoms with Crippen LogP contribution in [0, 0.1) is 0 Å². The molecular weight excluding hydrogens is 142 g/mol. The quantitative estimate of drug-likeness (QED) is 0.478. The molecule has 0 aromatic rings. The Hall–Kier alpha value is -0.830. The van der Waals surface area contributed by atoms with Gasteiger partial charge in [0.1, 0.15) is 6.23 Å². The number of carbonyl (C=O) groups is 1. The van der Waals surface area contributed by atoms with Gasteiger partial charge in [-0.1, -0.05) is 13.5 Å². The van der Waals surface area contributed by atoms with Gasteiger partial charge in [0.2, 0.25) is 5.91 Å². The predicted octanol–water partition coefficient (Wildman–Crippen LogP) is 1.06. The van der Waals surface area contributed by atoms with Gasteiger partial charge in [-0.05, 0) is 19.4 Å². The Morgan fingerprint density at radius 1 is 1.73 bits per heavy atom. The first-order chi connectivity index (χ1) is 5.24. The van der Waals surface area contributed by atoms with Crippen LogP contribution in [-0.2, 0) is 9.53 Å². The number of ether oxygens (including phenoxy) is 1. The molecule has 0 aliphatic heterocycles. The number of rotatable bonds is 5. The van der Waals surface area contributed by atoms with Crippen LogP contribution in [0.2, 0.25) is 0 Å². The number of hydrogen-bond donors (Lipinski definition) is 1. The molecule has 0 spiro atoms. The summed E-state index contributed by atoms with van der Waals surface area (Å²) in [5.41, 5.74) is 0. The zero-order valence-corrected chi connectivity index (χ0v) is 7.09. The van der Waals surface area contributed by atoms with Crippen molar-refractivity contribution in [3.05, 3.63) is 12.7 Å². The molecule has 0 heterocycles. The van der Waals surface area contributed by atoms with E-state index in [4.69, 9.17) is 4.74 Å². The molecule has 0 aromatic heterocycles. The fraction of sp³-hybridized carbons (Fsp3) is 0.625. The Kier molecular flexibility index (Phi) is 5.47. The molecule has 1 N–H and O–H groups in total. The Morgan fingerprint density at radius 3 is 2.73 bits per heavy atom. The van der Waals surface area contributed by atoms with Crippen LogP contribution in [0.25, 0.3) is 0 Å². The molecule has 0 aromatic carbocycles. The second kappa shape index (κ2) is 5.92. The maximum Gasteiger partial charge on any atom is 0.245 e. The van der Waals surface area contributed by atoms with Crippen molar-refractivity contribution in [3.63, 3.8) is 0 Å². The third kappa shape index (κ3) is 4.56. The molecule has 3 nitrogen and oxygen atoms in total. The van der Waals surface area contributed by atoms with Crippen LogP contribution in [0.1, 0.15) is 20.3 Å². The lowest BCUT2D eigenvalue weighted by Gasteiger charge is -2.14. The average molecular weight is 157 g/mol. The Balaban J connectivity index is 3.67. The van der Waals surface area contributed by atoms with Crippen molar-refractivity contribution in [2.24, 2.45) is 0 Å². The minimum absolute atomic E-state index is 0.175. The van der Waals surface area contributed by atoms with Crippen LogP contribution in [0.4, 0.5) is 0 Å². The maximum absolute atomic E-state index is 10.7. The highest BCUT2D eigenvalue weighted by atomic mass is 16.5. The second-order valence-electron chi connectivity index (χ2n) is 2.06. The summed E-state index contributed by atoms with van der Waals surface area (Å²) in [7, 11) is 0. The fourth-order valence-electron chi connectivity index (χ4n) is 0.680. The van der Waals surface area contributed by atoms with E-state index in [1.54, 1.807) is 0 Å². The normalized spacial score (nSPS) is 12.2. The Labute approximate surface area is 67.4 Å². The molecule has 1 amide bonds. The van der Waals surface area contributed by atoms with E-state index in [-0.39, 0.29) is 12.1 Å². The highest BCUT2D eigenvalue weighted by Gasteiger charge is 2.05. The van der Waals surface area contributed by atoms with Gasteiger partial charge in [-0.25, -0.2) is 0 Å². The third-order valence-electron chi connectivity index (χ3n) is 1.23. The van der Waals surface area contributed by atoms with E-state index in [1.165, 1.54) is 6.08 Å². The van der Waals surface area contributed by atoms with Crippen molar-refractivity contribution >= 4 is 5.91 Å². The first kappa shape index (κ1) is 10.2. The largest absolute Gasteiger partial charge is 0.359 e. The van der Waals surface area contributed by atoms with Gasteiger partial charge < -0.3 is 10.1 Å². The van der Waals surface area contributed by atoms with Gasteiger partial charge >= 0.3 is 0 Å². The highest BCUT2D eigenvalue weighted by Crippen LogP contribution is 1.92. The zero-order chi connectivity index (χ0) is 8.69.